The van der Waals surface area contributed by atoms with Gasteiger partial charge in [-0.25, -0.2) is 0 Å². The first-order chi connectivity index (χ1) is 6.89. The normalized spacial score (nSPS) is 12.1. The van der Waals surface area contributed by atoms with E-state index in [9.17, 15) is 12.9 Å². The predicted molar refractivity (Wildman–Crippen MR) is 53.3 cm³/mol. The largest absolute Gasteiger partial charge is 0.506 e. The quantitative estimate of drug-likeness (QED) is 0.706. The summed E-state index contributed by atoms with van der Waals surface area (Å²) in [4.78, 5) is 1.51. The molecular weight excluding hydrogens is 206 g/mol. The van der Waals surface area contributed by atoms with Crippen LogP contribution in [0, 0.1) is 0 Å². The van der Waals surface area contributed by atoms with Crippen molar-refractivity contribution in [1.29, 1.82) is 0 Å². The Kier molecular flexibility index (Phi) is 3.63. The third-order valence-corrected chi connectivity index (χ3v) is 1.94. The van der Waals surface area contributed by atoms with Crippen LogP contribution in [0.4, 0.5) is 12.9 Å². The minimum absolute atomic E-state index is 0.190. The molecule has 15 heavy (non-hydrogen) atoms. The molecule has 0 bridgehead atoms. The lowest BCUT2D eigenvalue weighted by molar-refractivity contribution is 0.314. The van der Waals surface area contributed by atoms with Crippen LogP contribution >= 0.6 is 0 Å². The Bertz CT molecular complexity index is 321. The van der Waals surface area contributed by atoms with Crippen LogP contribution in [0.25, 0.3) is 0 Å². The molecule has 0 amide bonds. The topological polar surface area (TPSA) is 16.4 Å². The second kappa shape index (κ2) is 4.57. The van der Waals surface area contributed by atoms with E-state index in [4.69, 9.17) is 4.42 Å². The molecule has 0 aliphatic rings. The first-order valence-corrected chi connectivity index (χ1v) is 4.48. The molecule has 0 aliphatic carbocycles. The molecule has 0 aromatic carbocycles. The molecule has 0 saturated carbocycles. The highest BCUT2D eigenvalue weighted by Gasteiger charge is 2.27. The maximum absolute atomic E-state index is 12.2. The molecule has 1 heterocycles. The third kappa shape index (κ3) is 3.83. The molecule has 2 nitrogen and oxygen atoms in total. The van der Waals surface area contributed by atoms with Crippen LogP contribution in [-0.2, 0) is 6.54 Å². The first kappa shape index (κ1) is 11.9. The maximum Gasteiger partial charge on any atom is 0.506 e. The molecule has 0 spiro atoms. The van der Waals surface area contributed by atoms with Gasteiger partial charge in [0.2, 0.25) is 0 Å². The lowest BCUT2D eigenvalue weighted by atomic mass is 9.80. The Labute approximate surface area is 86.4 Å². The molecular formula is C9H12BF3NO-. The van der Waals surface area contributed by atoms with E-state index < -0.39 is 12.4 Å². The monoisotopic (exact) mass is 218 g/mol. The van der Waals surface area contributed by atoms with Crippen molar-refractivity contribution in [3.8, 4) is 0 Å². The van der Waals surface area contributed by atoms with Crippen molar-refractivity contribution in [2.45, 2.75) is 6.54 Å². The van der Waals surface area contributed by atoms with E-state index in [-0.39, 0.29) is 6.54 Å². The average Bonchev–Trinajstić information content (AvgIpc) is 2.54. The van der Waals surface area contributed by atoms with Crippen LogP contribution in [0.15, 0.2) is 34.9 Å². The van der Waals surface area contributed by atoms with Crippen molar-refractivity contribution in [1.82, 2.24) is 4.90 Å². The number of hydrogen-bond acceptors (Lipinski definition) is 2. The molecule has 1 aromatic heterocycles. The van der Waals surface area contributed by atoms with Crippen molar-refractivity contribution in [2.24, 2.45) is 0 Å². The summed E-state index contributed by atoms with van der Waals surface area (Å²) >= 11 is 0. The van der Waals surface area contributed by atoms with Crippen molar-refractivity contribution < 1.29 is 17.4 Å². The lowest BCUT2D eigenvalue weighted by Crippen LogP contribution is -2.29. The number of furan rings is 1. The van der Waals surface area contributed by atoms with E-state index >= 15 is 0 Å². The Balaban J connectivity index is 2.43. The van der Waals surface area contributed by atoms with Crippen molar-refractivity contribution in [3.05, 3.63) is 36.2 Å². The van der Waals surface area contributed by atoms with Crippen LogP contribution in [0.3, 0.4) is 0 Å². The molecule has 1 rings (SSSR count). The predicted octanol–water partition coefficient (Wildman–Crippen LogP) is 2.65. The van der Waals surface area contributed by atoms with E-state index in [1.807, 2.05) is 0 Å². The zero-order chi connectivity index (χ0) is 11.5. The van der Waals surface area contributed by atoms with Crippen molar-refractivity contribution in [2.75, 3.05) is 13.6 Å². The number of hydrogen-bond donors (Lipinski definition) is 0. The molecule has 0 aliphatic heterocycles. The standard InChI is InChI=1S/C9H12BF3NO/c1-8(10(11,12)13)6-14(2)7-9-4-3-5-15-9/h3-5H,1,6-7H2,2H3/q-1. The SMILES string of the molecule is C=C(CN(C)Cc1ccco1)[B-](F)(F)F. The van der Waals surface area contributed by atoms with E-state index in [2.05, 4.69) is 6.58 Å². The highest BCUT2D eigenvalue weighted by molar-refractivity contribution is 6.66. The second-order valence-corrected chi connectivity index (χ2v) is 3.48. The number of likely N-dealkylation sites (N-methyl/N-ethyl adjacent to an activating group) is 1. The zero-order valence-electron chi connectivity index (χ0n) is 8.42. The Morgan fingerprint density at radius 2 is 2.20 bits per heavy atom. The summed E-state index contributed by atoms with van der Waals surface area (Å²) in [5.41, 5.74) is -0.691. The fraction of sp³-hybridized carbons (Fsp3) is 0.333. The van der Waals surface area contributed by atoms with Gasteiger partial charge in [-0.05, 0) is 25.7 Å². The van der Waals surface area contributed by atoms with Gasteiger partial charge >= 0.3 is 6.98 Å². The van der Waals surface area contributed by atoms with Gasteiger partial charge in [0.1, 0.15) is 5.76 Å². The van der Waals surface area contributed by atoms with Crippen LogP contribution in [0.2, 0.25) is 0 Å². The van der Waals surface area contributed by atoms with E-state index in [1.54, 1.807) is 19.2 Å². The highest BCUT2D eigenvalue weighted by atomic mass is 19.4. The molecule has 0 N–H and O–H groups in total. The smallest absolute Gasteiger partial charge is 0.468 e. The molecule has 0 unspecified atom stereocenters. The highest BCUT2D eigenvalue weighted by Crippen LogP contribution is 2.19. The third-order valence-electron chi connectivity index (χ3n) is 1.94. The van der Waals surface area contributed by atoms with Crippen molar-refractivity contribution in [3.63, 3.8) is 0 Å². The minimum Gasteiger partial charge on any atom is -0.468 e. The summed E-state index contributed by atoms with van der Waals surface area (Å²) in [5.74, 6) is 0.639. The van der Waals surface area contributed by atoms with Gasteiger partial charge in [-0.3, -0.25) is 4.90 Å². The van der Waals surface area contributed by atoms with Gasteiger partial charge in [-0.15, -0.1) is 12.1 Å². The summed E-state index contributed by atoms with van der Waals surface area (Å²) < 4.78 is 41.6. The molecule has 0 saturated heterocycles. The fourth-order valence-electron chi connectivity index (χ4n) is 1.17. The molecule has 0 fully saturated rings. The molecule has 0 atom stereocenters. The fourth-order valence-corrected chi connectivity index (χ4v) is 1.17. The summed E-state index contributed by atoms with van der Waals surface area (Å²) in [6, 6.07) is 3.42. The minimum atomic E-state index is -4.94. The number of nitrogens with zero attached hydrogens (tertiary/aromatic N) is 1. The summed E-state index contributed by atoms with van der Waals surface area (Å²) in [5, 5.41) is 0. The Morgan fingerprint density at radius 1 is 1.53 bits per heavy atom. The van der Waals surface area contributed by atoms with Gasteiger partial charge in [-0.2, -0.15) is 0 Å². The average molecular weight is 218 g/mol. The van der Waals surface area contributed by atoms with Gasteiger partial charge in [0, 0.05) is 0 Å². The van der Waals surface area contributed by atoms with Gasteiger partial charge in [0.05, 0.1) is 12.8 Å². The lowest BCUT2D eigenvalue weighted by Gasteiger charge is -2.23. The number of halogens is 3. The van der Waals surface area contributed by atoms with Crippen LogP contribution in [-0.4, -0.2) is 25.5 Å². The van der Waals surface area contributed by atoms with Gasteiger partial charge < -0.3 is 17.4 Å². The van der Waals surface area contributed by atoms with Gasteiger partial charge in [0.15, 0.2) is 0 Å². The van der Waals surface area contributed by atoms with Crippen molar-refractivity contribution >= 4 is 6.98 Å². The van der Waals surface area contributed by atoms with E-state index in [0.717, 1.165) is 0 Å². The Morgan fingerprint density at radius 3 is 2.67 bits per heavy atom. The first-order valence-electron chi connectivity index (χ1n) is 4.48. The number of rotatable bonds is 5. The summed E-state index contributed by atoms with van der Waals surface area (Å²) in [7, 11) is 1.59. The van der Waals surface area contributed by atoms with Crippen LogP contribution in [0.5, 0.6) is 0 Å². The molecule has 6 heteroatoms. The molecule has 1 aromatic rings. The van der Waals surface area contributed by atoms with Gasteiger partial charge in [0.25, 0.3) is 0 Å². The Hall–Kier alpha value is -1.17. The van der Waals surface area contributed by atoms with Crippen LogP contribution in [0.1, 0.15) is 5.76 Å². The maximum atomic E-state index is 12.2. The van der Waals surface area contributed by atoms with E-state index in [1.165, 1.54) is 11.2 Å². The molecule has 0 radical (unpaired) electrons. The second-order valence-electron chi connectivity index (χ2n) is 3.48. The molecule has 84 valence electrons. The zero-order valence-corrected chi connectivity index (χ0v) is 8.42. The summed E-state index contributed by atoms with van der Waals surface area (Å²) in [6.07, 6.45) is 1.49. The van der Waals surface area contributed by atoms with Gasteiger partial charge in [-0.1, -0.05) is 0 Å². The van der Waals surface area contributed by atoms with Crippen LogP contribution < -0.4 is 0 Å². The van der Waals surface area contributed by atoms with E-state index in [0.29, 0.717) is 12.3 Å². The summed E-state index contributed by atoms with van der Waals surface area (Å²) in [6.45, 7) is -1.76.